The number of hydrogen-bond donors (Lipinski definition) is 0. The molecule has 0 amide bonds. The van der Waals surface area contributed by atoms with Gasteiger partial charge in [0.05, 0.1) is 11.5 Å². The Hall–Kier alpha value is -2.43. The maximum atomic E-state index is 11.6. The summed E-state index contributed by atoms with van der Waals surface area (Å²) in [6.45, 7) is 2.32. The van der Waals surface area contributed by atoms with E-state index in [9.17, 15) is 14.9 Å². The van der Waals surface area contributed by atoms with Gasteiger partial charge in [0.25, 0.3) is 11.2 Å². The average Bonchev–Trinajstić information content (AvgIpc) is 2.34. The molecule has 5 nitrogen and oxygen atoms in total. The van der Waals surface area contributed by atoms with E-state index in [-0.39, 0.29) is 11.2 Å². The fraction of sp³-hybridized carbons (Fsp3) is 0.154. The zero-order valence-electron chi connectivity index (χ0n) is 9.87. The molecule has 92 valence electrons. The summed E-state index contributed by atoms with van der Waals surface area (Å²) < 4.78 is 1.58. The summed E-state index contributed by atoms with van der Waals surface area (Å²) in [4.78, 5) is 21.7. The standard InChI is InChI=1S/C13H12N2O3/c1-10-2-7-13(16)14(8-10)9-11-3-5-12(6-4-11)15(17)18/h2-8H,9H2,1H3. The molecular weight excluding hydrogens is 232 g/mol. The van der Waals surface area contributed by atoms with Gasteiger partial charge < -0.3 is 4.57 Å². The maximum Gasteiger partial charge on any atom is 0.269 e. The number of rotatable bonds is 3. The minimum Gasteiger partial charge on any atom is -0.311 e. The van der Waals surface area contributed by atoms with Gasteiger partial charge in [0.2, 0.25) is 0 Å². The molecule has 0 spiro atoms. The Balaban J connectivity index is 2.26. The third kappa shape index (κ3) is 2.63. The SMILES string of the molecule is Cc1ccc(=O)n(Cc2ccc([N+](=O)[O-])cc2)c1. The predicted octanol–water partition coefficient (Wildman–Crippen LogP) is 2.11. The number of aromatic nitrogens is 1. The minimum absolute atomic E-state index is 0.0512. The van der Waals surface area contributed by atoms with Crippen LogP contribution in [0.25, 0.3) is 0 Å². The Kier molecular flexibility index (Phi) is 3.23. The van der Waals surface area contributed by atoms with Gasteiger partial charge in [-0.05, 0) is 18.1 Å². The van der Waals surface area contributed by atoms with E-state index in [2.05, 4.69) is 0 Å². The molecule has 0 aliphatic rings. The summed E-state index contributed by atoms with van der Waals surface area (Å²) >= 11 is 0. The van der Waals surface area contributed by atoms with Gasteiger partial charge in [-0.3, -0.25) is 14.9 Å². The minimum atomic E-state index is -0.442. The van der Waals surface area contributed by atoms with Crippen LogP contribution < -0.4 is 5.56 Å². The number of nitro benzene ring substituents is 1. The van der Waals surface area contributed by atoms with Gasteiger partial charge in [-0.2, -0.15) is 0 Å². The highest BCUT2D eigenvalue weighted by molar-refractivity contribution is 5.33. The molecule has 0 aliphatic heterocycles. The molecule has 0 radical (unpaired) electrons. The maximum absolute atomic E-state index is 11.6. The van der Waals surface area contributed by atoms with Crippen LogP contribution in [0, 0.1) is 17.0 Å². The van der Waals surface area contributed by atoms with Crippen molar-refractivity contribution in [3.63, 3.8) is 0 Å². The third-order valence-electron chi connectivity index (χ3n) is 2.63. The van der Waals surface area contributed by atoms with Crippen LogP contribution in [0.1, 0.15) is 11.1 Å². The fourth-order valence-electron chi connectivity index (χ4n) is 1.69. The molecule has 2 rings (SSSR count). The van der Waals surface area contributed by atoms with Crippen molar-refractivity contribution >= 4 is 5.69 Å². The number of nitrogens with zero attached hydrogens (tertiary/aromatic N) is 2. The summed E-state index contributed by atoms with van der Waals surface area (Å²) in [6.07, 6.45) is 1.77. The van der Waals surface area contributed by atoms with Crippen LogP contribution >= 0.6 is 0 Å². The molecule has 1 heterocycles. The van der Waals surface area contributed by atoms with Gasteiger partial charge in [-0.25, -0.2) is 0 Å². The molecule has 0 atom stereocenters. The van der Waals surface area contributed by atoms with Gasteiger partial charge in [0, 0.05) is 24.4 Å². The molecule has 2 aromatic rings. The van der Waals surface area contributed by atoms with Crippen molar-refractivity contribution in [3.05, 3.63) is 74.2 Å². The average molecular weight is 244 g/mol. The predicted molar refractivity (Wildman–Crippen MR) is 67.6 cm³/mol. The van der Waals surface area contributed by atoms with Crippen molar-refractivity contribution in [2.75, 3.05) is 0 Å². The Morgan fingerprint density at radius 1 is 1.17 bits per heavy atom. The molecular formula is C13H12N2O3. The second-order valence-electron chi connectivity index (χ2n) is 4.10. The first-order valence-corrected chi connectivity index (χ1v) is 5.47. The number of non-ortho nitro benzene ring substituents is 1. The molecule has 0 fully saturated rings. The van der Waals surface area contributed by atoms with Gasteiger partial charge >= 0.3 is 0 Å². The summed E-state index contributed by atoms with van der Waals surface area (Å²) in [5.41, 5.74) is 1.82. The summed E-state index contributed by atoms with van der Waals surface area (Å²) in [7, 11) is 0. The van der Waals surface area contributed by atoms with Gasteiger partial charge in [-0.1, -0.05) is 18.2 Å². The number of pyridine rings is 1. The first-order valence-electron chi connectivity index (χ1n) is 5.47. The van der Waals surface area contributed by atoms with E-state index >= 15 is 0 Å². The second kappa shape index (κ2) is 4.83. The molecule has 0 N–H and O–H groups in total. The normalized spacial score (nSPS) is 10.3. The molecule has 0 bridgehead atoms. The molecule has 1 aromatic carbocycles. The van der Waals surface area contributed by atoms with Crippen LogP contribution in [-0.4, -0.2) is 9.49 Å². The lowest BCUT2D eigenvalue weighted by molar-refractivity contribution is -0.384. The monoisotopic (exact) mass is 244 g/mol. The first kappa shape index (κ1) is 12.0. The van der Waals surface area contributed by atoms with Crippen LogP contribution in [0.2, 0.25) is 0 Å². The van der Waals surface area contributed by atoms with Crippen LogP contribution in [0.5, 0.6) is 0 Å². The van der Waals surface area contributed by atoms with Crippen molar-refractivity contribution in [1.82, 2.24) is 4.57 Å². The number of aryl methyl sites for hydroxylation is 1. The lowest BCUT2D eigenvalue weighted by Gasteiger charge is -2.06. The Morgan fingerprint density at radius 3 is 2.44 bits per heavy atom. The summed E-state index contributed by atoms with van der Waals surface area (Å²) in [6, 6.07) is 9.47. The first-order chi connectivity index (χ1) is 8.56. The van der Waals surface area contributed by atoms with E-state index in [0.29, 0.717) is 6.54 Å². The van der Waals surface area contributed by atoms with Crippen molar-refractivity contribution < 1.29 is 4.92 Å². The van der Waals surface area contributed by atoms with Gasteiger partial charge in [-0.15, -0.1) is 0 Å². The summed E-state index contributed by atoms with van der Waals surface area (Å²) in [5, 5.41) is 10.5. The topological polar surface area (TPSA) is 65.1 Å². The van der Waals surface area contributed by atoms with Crippen molar-refractivity contribution in [3.8, 4) is 0 Å². The van der Waals surface area contributed by atoms with Crippen LogP contribution in [0.3, 0.4) is 0 Å². The number of hydrogen-bond acceptors (Lipinski definition) is 3. The molecule has 0 saturated heterocycles. The van der Waals surface area contributed by atoms with E-state index in [1.54, 1.807) is 29.0 Å². The molecule has 18 heavy (non-hydrogen) atoms. The second-order valence-corrected chi connectivity index (χ2v) is 4.10. The molecule has 0 saturated carbocycles. The van der Waals surface area contributed by atoms with Crippen molar-refractivity contribution in [2.24, 2.45) is 0 Å². The van der Waals surface area contributed by atoms with Crippen molar-refractivity contribution in [2.45, 2.75) is 13.5 Å². The van der Waals surface area contributed by atoms with E-state index in [0.717, 1.165) is 11.1 Å². The van der Waals surface area contributed by atoms with Crippen LogP contribution in [0.15, 0.2) is 47.4 Å². The third-order valence-corrected chi connectivity index (χ3v) is 2.63. The molecule has 1 aromatic heterocycles. The smallest absolute Gasteiger partial charge is 0.269 e. The van der Waals surface area contributed by atoms with Crippen molar-refractivity contribution in [1.29, 1.82) is 0 Å². The zero-order valence-corrected chi connectivity index (χ0v) is 9.87. The summed E-state index contributed by atoms with van der Waals surface area (Å²) in [5.74, 6) is 0. The van der Waals surface area contributed by atoms with Crippen LogP contribution in [0.4, 0.5) is 5.69 Å². The number of benzene rings is 1. The fourth-order valence-corrected chi connectivity index (χ4v) is 1.69. The Morgan fingerprint density at radius 2 is 1.83 bits per heavy atom. The van der Waals surface area contributed by atoms with E-state index < -0.39 is 4.92 Å². The number of nitro groups is 1. The lowest BCUT2D eigenvalue weighted by atomic mass is 10.2. The molecule has 5 heteroatoms. The quantitative estimate of drug-likeness (QED) is 0.613. The molecule has 0 unspecified atom stereocenters. The zero-order chi connectivity index (χ0) is 13.1. The van der Waals surface area contributed by atoms with E-state index in [4.69, 9.17) is 0 Å². The van der Waals surface area contributed by atoms with Gasteiger partial charge in [0.1, 0.15) is 0 Å². The Labute approximate surface area is 103 Å². The largest absolute Gasteiger partial charge is 0.311 e. The highest BCUT2D eigenvalue weighted by Crippen LogP contribution is 2.12. The van der Waals surface area contributed by atoms with E-state index in [1.165, 1.54) is 18.2 Å². The lowest BCUT2D eigenvalue weighted by Crippen LogP contribution is -2.19. The van der Waals surface area contributed by atoms with Gasteiger partial charge in [0.15, 0.2) is 0 Å². The highest BCUT2D eigenvalue weighted by Gasteiger charge is 2.04. The highest BCUT2D eigenvalue weighted by atomic mass is 16.6. The van der Waals surface area contributed by atoms with Crippen LogP contribution in [-0.2, 0) is 6.54 Å². The van der Waals surface area contributed by atoms with E-state index in [1.807, 2.05) is 6.92 Å². The molecule has 0 aliphatic carbocycles. The Bertz CT molecular complexity index is 629.